The lowest BCUT2D eigenvalue weighted by Gasteiger charge is -2.49. The summed E-state index contributed by atoms with van der Waals surface area (Å²) in [6.45, 7) is 10.6. The van der Waals surface area contributed by atoms with E-state index in [1.807, 2.05) is 167 Å². The summed E-state index contributed by atoms with van der Waals surface area (Å²) < 4.78 is 22.9. The maximum absolute atomic E-state index is 14.9. The number of para-hydroxylation sites is 2. The summed E-state index contributed by atoms with van der Waals surface area (Å²) in [5.41, 5.74) is 2.43. The van der Waals surface area contributed by atoms with Crippen molar-refractivity contribution in [2.75, 3.05) is 33.3 Å². The number of methoxy groups -OCH3 is 1. The lowest BCUT2D eigenvalue weighted by molar-refractivity contribution is -0.192. The molecule has 4 atom stereocenters. The number of hydrogen-bond acceptors (Lipinski definition) is 9. The summed E-state index contributed by atoms with van der Waals surface area (Å²) in [4.78, 5) is 72.2. The van der Waals surface area contributed by atoms with E-state index in [1.54, 1.807) is 14.7 Å². The van der Waals surface area contributed by atoms with Crippen LogP contribution in [0.4, 0.5) is 0 Å². The van der Waals surface area contributed by atoms with E-state index in [1.165, 1.54) is 7.11 Å². The molecule has 65 heavy (non-hydrogen) atoms. The summed E-state index contributed by atoms with van der Waals surface area (Å²) in [5.74, 6) is -4.31. The number of nitrogens with zero attached hydrogens (tertiary/aromatic N) is 3. The number of carbonyl (C=O) groups excluding carboxylic acids is 5. The van der Waals surface area contributed by atoms with Crippen molar-refractivity contribution in [3.05, 3.63) is 156 Å². The quantitative estimate of drug-likeness (QED) is 0.0523. The Labute approximate surface area is 383 Å². The molecule has 5 aromatic rings. The van der Waals surface area contributed by atoms with Crippen molar-refractivity contribution in [1.29, 1.82) is 0 Å². The zero-order valence-electron chi connectivity index (χ0n) is 38.0. The summed E-state index contributed by atoms with van der Waals surface area (Å²) in [7, 11) is 1.23. The molecule has 3 amide bonds. The number of ether oxygens (including phenoxy) is 4. The number of amides is 3. The van der Waals surface area contributed by atoms with Crippen molar-refractivity contribution in [2.24, 2.45) is 23.7 Å². The highest BCUT2D eigenvalue weighted by Crippen LogP contribution is 2.50. The van der Waals surface area contributed by atoms with Crippen LogP contribution in [0.3, 0.4) is 0 Å². The Kier molecular flexibility index (Phi) is 19.2. The second-order valence-electron chi connectivity index (χ2n) is 15.7. The number of esters is 2. The lowest BCUT2D eigenvalue weighted by atomic mass is 9.55. The van der Waals surface area contributed by atoms with Gasteiger partial charge in [0.1, 0.15) is 29.6 Å². The maximum Gasteiger partial charge on any atom is 0.311 e. The van der Waals surface area contributed by atoms with E-state index in [0.29, 0.717) is 48.9 Å². The third-order valence-corrected chi connectivity index (χ3v) is 11.2. The average molecular weight is 884 g/mol. The Morgan fingerprint density at radius 3 is 1.23 bits per heavy atom. The summed E-state index contributed by atoms with van der Waals surface area (Å²) >= 11 is 0. The largest absolute Gasteiger partial charge is 0.469 e. The van der Waals surface area contributed by atoms with Gasteiger partial charge >= 0.3 is 11.9 Å². The predicted molar refractivity (Wildman–Crippen MR) is 249 cm³/mol. The van der Waals surface area contributed by atoms with E-state index < -0.39 is 47.4 Å². The van der Waals surface area contributed by atoms with E-state index in [9.17, 15) is 24.0 Å². The third-order valence-electron chi connectivity index (χ3n) is 11.2. The molecule has 1 fully saturated rings. The first kappa shape index (κ1) is 49.1. The summed E-state index contributed by atoms with van der Waals surface area (Å²) in [6, 6.07) is 43.0. The molecule has 0 aliphatic heterocycles. The van der Waals surface area contributed by atoms with Gasteiger partial charge in [-0.15, -0.1) is 0 Å². The molecule has 0 aromatic heterocycles. The van der Waals surface area contributed by atoms with Gasteiger partial charge in [-0.05, 0) is 91.9 Å². The first-order valence-electron chi connectivity index (χ1n) is 22.3. The molecule has 5 aromatic carbocycles. The third kappa shape index (κ3) is 13.8. The van der Waals surface area contributed by atoms with Crippen LogP contribution >= 0.6 is 0 Å². The molecule has 0 bridgehead atoms. The fourth-order valence-corrected chi connectivity index (χ4v) is 7.79. The van der Waals surface area contributed by atoms with Crippen LogP contribution in [0.2, 0.25) is 0 Å². The van der Waals surface area contributed by atoms with Crippen molar-refractivity contribution in [1.82, 2.24) is 14.7 Å². The molecule has 4 unspecified atom stereocenters. The van der Waals surface area contributed by atoms with Crippen molar-refractivity contribution in [2.45, 2.75) is 60.2 Å². The van der Waals surface area contributed by atoms with Gasteiger partial charge in [-0.2, -0.15) is 0 Å². The molecular formula is C53H61N3O9. The first-order valence-corrected chi connectivity index (χ1v) is 22.3. The van der Waals surface area contributed by atoms with Gasteiger partial charge in [0.15, 0.2) is 0 Å². The zero-order valence-corrected chi connectivity index (χ0v) is 38.0. The van der Waals surface area contributed by atoms with Crippen LogP contribution in [-0.2, 0) is 53.1 Å². The Morgan fingerprint density at radius 1 is 0.492 bits per heavy atom. The minimum Gasteiger partial charge on any atom is -0.469 e. The van der Waals surface area contributed by atoms with E-state index in [2.05, 4.69) is 0 Å². The number of rotatable bonds is 21. The molecule has 6 rings (SSSR count). The van der Waals surface area contributed by atoms with Crippen LogP contribution in [-0.4, -0.2) is 78.2 Å². The standard InChI is InChI=1S/C48H50N2O8.C5H11NO/c1-4-29-49(31-34-21-25-39(26-22-34)57-37-17-11-7-12-18-37)45(51)41-42(44(43(41)47(53)55-3)48(54)56-33-36-15-9-6-10-16-36)46(52)50(30-5-2)32-35-23-27-40(28-24-35)58-38-19-13-8-14-20-38;1-3-6(4-2)5-7/h6-28,41-44H,4-5,29-33H2,1-3H3;5H,3-4H2,1-2H3. The molecule has 1 saturated carbocycles. The molecule has 12 heteroatoms. The van der Waals surface area contributed by atoms with E-state index in [4.69, 9.17) is 18.9 Å². The van der Waals surface area contributed by atoms with Crippen molar-refractivity contribution in [3.63, 3.8) is 0 Å². The van der Waals surface area contributed by atoms with Crippen molar-refractivity contribution >= 4 is 30.2 Å². The fourth-order valence-electron chi connectivity index (χ4n) is 7.79. The minimum absolute atomic E-state index is 0.0500. The number of carbonyl (C=O) groups is 5. The van der Waals surface area contributed by atoms with Gasteiger partial charge in [0.05, 0.1) is 30.8 Å². The SMILES string of the molecule is CCCN(Cc1ccc(Oc2ccccc2)cc1)C(=O)C1C(C(=O)OC)C(C(=O)OCc2ccccc2)C1C(=O)N(CCC)Cc1ccc(Oc2ccccc2)cc1.CCN(C=O)CC. The predicted octanol–water partition coefficient (Wildman–Crippen LogP) is 9.33. The molecular weight excluding hydrogens is 823 g/mol. The molecule has 0 saturated heterocycles. The van der Waals surface area contributed by atoms with Gasteiger partial charge in [-0.3, -0.25) is 24.0 Å². The van der Waals surface area contributed by atoms with Crippen molar-refractivity contribution in [3.8, 4) is 23.0 Å². The zero-order chi connectivity index (χ0) is 46.6. The normalized spacial score (nSPS) is 16.0. The van der Waals surface area contributed by atoms with E-state index in [0.717, 1.165) is 36.2 Å². The van der Waals surface area contributed by atoms with Crippen molar-refractivity contribution < 1.29 is 42.9 Å². The van der Waals surface area contributed by atoms with Gasteiger partial charge in [0.2, 0.25) is 18.2 Å². The minimum atomic E-state index is -1.23. The topological polar surface area (TPSA) is 132 Å². The molecule has 0 N–H and O–H groups in total. The molecule has 12 nitrogen and oxygen atoms in total. The molecule has 1 aliphatic carbocycles. The van der Waals surface area contributed by atoms with Gasteiger partial charge in [-0.25, -0.2) is 0 Å². The van der Waals surface area contributed by atoms with Gasteiger partial charge in [-0.1, -0.05) is 105 Å². The van der Waals surface area contributed by atoms with Crippen LogP contribution in [0, 0.1) is 23.7 Å². The van der Waals surface area contributed by atoms with Crippen LogP contribution < -0.4 is 9.47 Å². The number of hydrogen-bond donors (Lipinski definition) is 0. The monoisotopic (exact) mass is 883 g/mol. The highest BCUT2D eigenvalue weighted by Gasteiger charge is 2.65. The van der Waals surface area contributed by atoms with Crippen LogP contribution in [0.1, 0.15) is 57.2 Å². The highest BCUT2D eigenvalue weighted by molar-refractivity contribution is 6.00. The second-order valence-corrected chi connectivity index (χ2v) is 15.7. The first-order chi connectivity index (χ1) is 31.6. The van der Waals surface area contributed by atoms with Crippen LogP contribution in [0.15, 0.2) is 140 Å². The van der Waals surface area contributed by atoms with Gasteiger partial charge in [0, 0.05) is 39.3 Å². The molecule has 342 valence electrons. The van der Waals surface area contributed by atoms with E-state index in [-0.39, 0.29) is 19.7 Å². The Balaban J connectivity index is 0.00000105. The molecule has 1 aliphatic rings. The maximum atomic E-state index is 14.9. The fraction of sp³-hybridized carbons (Fsp3) is 0.340. The van der Waals surface area contributed by atoms with Crippen LogP contribution in [0.25, 0.3) is 0 Å². The Bertz CT molecular complexity index is 2240. The summed E-state index contributed by atoms with van der Waals surface area (Å²) in [6.07, 6.45) is 2.12. The van der Waals surface area contributed by atoms with E-state index >= 15 is 0 Å². The Hall–Kier alpha value is -6.95. The second kappa shape index (κ2) is 25.4. The number of benzene rings is 5. The van der Waals surface area contributed by atoms with Gasteiger partial charge in [0.25, 0.3) is 0 Å². The van der Waals surface area contributed by atoms with Gasteiger partial charge < -0.3 is 33.6 Å². The molecule has 0 spiro atoms. The average Bonchev–Trinajstić information content (AvgIpc) is 3.33. The highest BCUT2D eigenvalue weighted by atomic mass is 16.5. The lowest BCUT2D eigenvalue weighted by Crippen LogP contribution is -2.64. The molecule has 0 heterocycles. The molecule has 0 radical (unpaired) electrons. The Morgan fingerprint density at radius 2 is 0.877 bits per heavy atom. The summed E-state index contributed by atoms with van der Waals surface area (Å²) in [5, 5.41) is 0. The smallest absolute Gasteiger partial charge is 0.311 e. The van der Waals surface area contributed by atoms with Crippen LogP contribution in [0.5, 0.6) is 23.0 Å².